The lowest BCUT2D eigenvalue weighted by molar-refractivity contribution is -0.136. The molecule has 0 spiro atoms. The molecule has 0 aromatic rings. The molecular weight excluding hydrogens is 266 g/mol. The van der Waals surface area contributed by atoms with Crippen LogP contribution in [0.3, 0.4) is 0 Å². The summed E-state index contributed by atoms with van der Waals surface area (Å²) in [7, 11) is 0. The van der Waals surface area contributed by atoms with Crippen LogP contribution in [0.4, 0.5) is 0 Å². The van der Waals surface area contributed by atoms with E-state index in [1.807, 2.05) is 13.8 Å². The van der Waals surface area contributed by atoms with Gasteiger partial charge in [-0.1, -0.05) is 0 Å². The largest absolute Gasteiger partial charge is 0.355 e. The third-order valence-electron chi connectivity index (χ3n) is 3.31. The van der Waals surface area contributed by atoms with E-state index in [0.717, 1.165) is 19.4 Å². The van der Waals surface area contributed by atoms with Crippen LogP contribution >= 0.6 is 12.4 Å². The molecule has 1 rings (SSSR count). The van der Waals surface area contributed by atoms with Crippen molar-refractivity contribution in [1.82, 2.24) is 15.5 Å². The Morgan fingerprint density at radius 2 is 2.11 bits per heavy atom. The molecule has 0 aromatic heterocycles. The monoisotopic (exact) mass is 291 g/mol. The molecule has 6 heteroatoms. The Hall–Kier alpha value is -0.810. The van der Waals surface area contributed by atoms with Gasteiger partial charge in [-0.25, -0.2) is 0 Å². The highest BCUT2D eigenvalue weighted by Crippen LogP contribution is 2.11. The first-order valence-electron chi connectivity index (χ1n) is 6.95. The zero-order valence-corrected chi connectivity index (χ0v) is 12.7. The maximum absolute atomic E-state index is 12.0. The average Bonchev–Trinajstić information content (AvgIpc) is 2.86. The normalized spacial score (nSPS) is 17.7. The van der Waals surface area contributed by atoms with Gasteiger partial charge in [-0.15, -0.1) is 12.4 Å². The second kappa shape index (κ2) is 10.0. The van der Waals surface area contributed by atoms with Gasteiger partial charge in [0.05, 0.1) is 6.54 Å². The van der Waals surface area contributed by atoms with Crippen molar-refractivity contribution in [2.24, 2.45) is 0 Å². The molecule has 1 saturated heterocycles. The Balaban J connectivity index is 0.00000324. The molecule has 5 nitrogen and oxygen atoms in total. The van der Waals surface area contributed by atoms with E-state index in [2.05, 4.69) is 10.6 Å². The van der Waals surface area contributed by atoms with Gasteiger partial charge in [0.25, 0.3) is 0 Å². The number of halogens is 1. The fraction of sp³-hybridized carbons (Fsp3) is 0.846. The quantitative estimate of drug-likeness (QED) is 0.733. The van der Waals surface area contributed by atoms with Gasteiger partial charge in [-0.2, -0.15) is 0 Å². The molecule has 1 aliphatic rings. The Labute approximate surface area is 121 Å². The molecule has 0 saturated carbocycles. The maximum Gasteiger partial charge on any atom is 0.239 e. The summed E-state index contributed by atoms with van der Waals surface area (Å²) in [6, 6.07) is 0.483. The summed E-state index contributed by atoms with van der Waals surface area (Å²) in [5.41, 5.74) is 0. The van der Waals surface area contributed by atoms with E-state index in [1.165, 1.54) is 6.42 Å². The van der Waals surface area contributed by atoms with E-state index in [0.29, 0.717) is 25.6 Å². The number of hydrogen-bond donors (Lipinski definition) is 2. The number of amides is 2. The third-order valence-corrected chi connectivity index (χ3v) is 3.31. The van der Waals surface area contributed by atoms with Crippen molar-refractivity contribution in [2.75, 3.05) is 26.2 Å². The van der Waals surface area contributed by atoms with Crippen molar-refractivity contribution in [3.63, 3.8) is 0 Å². The van der Waals surface area contributed by atoms with Crippen LogP contribution in [0, 0.1) is 0 Å². The standard InChI is InChI=1S/C13H25N3O2.ClH/c1-3-14-12(17)10-16(4-2)13(18)8-7-11-6-5-9-15-11;/h11,15H,3-10H2,1-2H3,(H,14,17);1H. The Morgan fingerprint density at radius 3 is 2.63 bits per heavy atom. The second-order valence-electron chi connectivity index (χ2n) is 4.69. The highest BCUT2D eigenvalue weighted by molar-refractivity contribution is 5.85. The summed E-state index contributed by atoms with van der Waals surface area (Å²) in [5, 5.41) is 6.10. The molecule has 1 unspecified atom stereocenters. The van der Waals surface area contributed by atoms with Gasteiger partial charge in [0, 0.05) is 25.6 Å². The Morgan fingerprint density at radius 1 is 1.37 bits per heavy atom. The molecule has 1 aliphatic heterocycles. The van der Waals surface area contributed by atoms with Crippen LogP contribution in [0.5, 0.6) is 0 Å². The van der Waals surface area contributed by atoms with Crippen LogP contribution < -0.4 is 10.6 Å². The summed E-state index contributed by atoms with van der Waals surface area (Å²) >= 11 is 0. The van der Waals surface area contributed by atoms with Gasteiger partial charge >= 0.3 is 0 Å². The summed E-state index contributed by atoms with van der Waals surface area (Å²) < 4.78 is 0. The van der Waals surface area contributed by atoms with Crippen molar-refractivity contribution in [3.8, 4) is 0 Å². The highest BCUT2D eigenvalue weighted by atomic mass is 35.5. The topological polar surface area (TPSA) is 61.4 Å². The first-order chi connectivity index (χ1) is 8.67. The number of likely N-dealkylation sites (N-methyl/N-ethyl adjacent to an activating group) is 2. The lowest BCUT2D eigenvalue weighted by atomic mass is 10.1. The minimum Gasteiger partial charge on any atom is -0.355 e. The van der Waals surface area contributed by atoms with Gasteiger partial charge in [0.15, 0.2) is 0 Å². The maximum atomic E-state index is 12.0. The van der Waals surface area contributed by atoms with Crippen LogP contribution in [-0.2, 0) is 9.59 Å². The second-order valence-corrected chi connectivity index (χ2v) is 4.69. The molecule has 0 aliphatic carbocycles. The van der Waals surface area contributed by atoms with Gasteiger partial charge in [-0.3, -0.25) is 9.59 Å². The minimum atomic E-state index is -0.0771. The molecule has 0 aromatic carbocycles. The van der Waals surface area contributed by atoms with Gasteiger partial charge < -0.3 is 15.5 Å². The van der Waals surface area contributed by atoms with E-state index in [1.54, 1.807) is 4.90 Å². The summed E-state index contributed by atoms with van der Waals surface area (Å²) in [6.07, 6.45) is 3.78. The summed E-state index contributed by atoms with van der Waals surface area (Å²) in [4.78, 5) is 25.1. The molecule has 1 heterocycles. The number of nitrogens with one attached hydrogen (secondary N) is 2. The van der Waals surface area contributed by atoms with Crippen LogP contribution in [-0.4, -0.2) is 48.9 Å². The summed E-state index contributed by atoms with van der Waals surface area (Å²) in [6.45, 7) is 6.23. The molecular formula is C13H26ClN3O2. The molecule has 1 atom stereocenters. The first kappa shape index (κ1) is 18.2. The Kier molecular flexibility index (Phi) is 9.61. The van der Waals surface area contributed by atoms with E-state index in [9.17, 15) is 9.59 Å². The highest BCUT2D eigenvalue weighted by Gasteiger charge is 2.19. The molecule has 1 fully saturated rings. The number of rotatable bonds is 7. The van der Waals surface area contributed by atoms with Crippen molar-refractivity contribution in [1.29, 1.82) is 0 Å². The predicted octanol–water partition coefficient (Wildman–Crippen LogP) is 0.925. The molecule has 2 N–H and O–H groups in total. The van der Waals surface area contributed by atoms with Crippen molar-refractivity contribution >= 4 is 24.2 Å². The number of hydrogen-bond acceptors (Lipinski definition) is 3. The molecule has 2 amide bonds. The lowest BCUT2D eigenvalue weighted by Gasteiger charge is -2.21. The van der Waals surface area contributed by atoms with E-state index >= 15 is 0 Å². The number of carbonyl (C=O) groups excluding carboxylic acids is 2. The van der Waals surface area contributed by atoms with E-state index in [-0.39, 0.29) is 30.8 Å². The van der Waals surface area contributed by atoms with Crippen LogP contribution in [0.15, 0.2) is 0 Å². The van der Waals surface area contributed by atoms with Gasteiger partial charge in [0.1, 0.15) is 0 Å². The molecule has 0 radical (unpaired) electrons. The van der Waals surface area contributed by atoms with Crippen LogP contribution in [0.25, 0.3) is 0 Å². The number of nitrogens with zero attached hydrogens (tertiary/aromatic N) is 1. The predicted molar refractivity (Wildman–Crippen MR) is 78.4 cm³/mol. The molecule has 112 valence electrons. The van der Waals surface area contributed by atoms with Crippen LogP contribution in [0.2, 0.25) is 0 Å². The van der Waals surface area contributed by atoms with Crippen molar-refractivity contribution in [2.45, 2.75) is 45.6 Å². The molecule has 19 heavy (non-hydrogen) atoms. The van der Waals surface area contributed by atoms with E-state index in [4.69, 9.17) is 0 Å². The lowest BCUT2D eigenvalue weighted by Crippen LogP contribution is -2.40. The zero-order chi connectivity index (χ0) is 13.4. The minimum absolute atomic E-state index is 0. The first-order valence-corrected chi connectivity index (χ1v) is 6.95. The SMILES string of the molecule is CCNC(=O)CN(CC)C(=O)CCC1CCCN1.Cl. The van der Waals surface area contributed by atoms with E-state index < -0.39 is 0 Å². The third kappa shape index (κ3) is 6.78. The van der Waals surface area contributed by atoms with Crippen molar-refractivity contribution in [3.05, 3.63) is 0 Å². The van der Waals surface area contributed by atoms with Gasteiger partial charge in [0.2, 0.25) is 11.8 Å². The fourth-order valence-electron chi connectivity index (χ4n) is 2.26. The smallest absolute Gasteiger partial charge is 0.239 e. The van der Waals surface area contributed by atoms with Crippen LogP contribution in [0.1, 0.15) is 39.5 Å². The average molecular weight is 292 g/mol. The zero-order valence-electron chi connectivity index (χ0n) is 11.9. The Bertz CT molecular complexity index is 281. The number of carbonyl (C=O) groups is 2. The van der Waals surface area contributed by atoms with Crippen molar-refractivity contribution < 1.29 is 9.59 Å². The molecule has 0 bridgehead atoms. The summed E-state index contributed by atoms with van der Waals surface area (Å²) in [5.74, 6) is 0.00384. The fourth-order valence-corrected chi connectivity index (χ4v) is 2.26. The van der Waals surface area contributed by atoms with Gasteiger partial charge in [-0.05, 0) is 39.7 Å².